The third-order valence-electron chi connectivity index (χ3n) is 5.64. The number of halogens is 1. The number of likely N-dealkylation sites (tertiary alicyclic amines) is 1. The van der Waals surface area contributed by atoms with E-state index in [2.05, 4.69) is 38.2 Å². The minimum absolute atomic E-state index is 0.314. The molecule has 0 amide bonds. The third-order valence-corrected chi connectivity index (χ3v) is 6.45. The Morgan fingerprint density at radius 2 is 2.21 bits per heavy atom. The normalized spacial score (nSPS) is 27.6. The molecule has 2 aromatic rings. The Bertz CT molecular complexity index is 801. The number of pyridine rings is 1. The number of aromatic nitrogens is 1. The maximum Gasteiger partial charge on any atom is 0.204 e. The number of hydrogen-bond acceptors (Lipinski definition) is 5. The van der Waals surface area contributed by atoms with Crippen molar-refractivity contribution in [3.63, 3.8) is 0 Å². The van der Waals surface area contributed by atoms with E-state index in [0.29, 0.717) is 22.8 Å². The van der Waals surface area contributed by atoms with E-state index in [0.717, 1.165) is 15.7 Å². The van der Waals surface area contributed by atoms with Crippen molar-refractivity contribution >= 4 is 32.7 Å². The Morgan fingerprint density at radius 3 is 2.88 bits per heavy atom. The van der Waals surface area contributed by atoms with E-state index in [-0.39, 0.29) is 0 Å². The zero-order valence-corrected chi connectivity index (χ0v) is 15.4. The van der Waals surface area contributed by atoms with E-state index in [9.17, 15) is 0 Å². The molecule has 6 heteroatoms. The van der Waals surface area contributed by atoms with Gasteiger partial charge in [-0.1, -0.05) is 0 Å². The molecule has 126 valence electrons. The zero-order valence-electron chi connectivity index (χ0n) is 13.8. The topological polar surface area (TPSA) is 65.1 Å². The Morgan fingerprint density at radius 1 is 1.42 bits per heavy atom. The molecule has 3 heterocycles. The molecule has 1 aliphatic carbocycles. The van der Waals surface area contributed by atoms with Crippen LogP contribution in [0.5, 0.6) is 0 Å². The third kappa shape index (κ3) is 2.80. The van der Waals surface area contributed by atoms with E-state index < -0.39 is 0 Å². The van der Waals surface area contributed by atoms with Crippen LogP contribution in [0.1, 0.15) is 37.9 Å². The van der Waals surface area contributed by atoms with Crippen LogP contribution in [0.4, 0.5) is 5.82 Å². The number of nitrogens with zero attached hydrogens (tertiary/aromatic N) is 3. The van der Waals surface area contributed by atoms with Crippen LogP contribution in [0.25, 0.3) is 11.0 Å². The van der Waals surface area contributed by atoms with E-state index in [1.165, 1.54) is 45.2 Å². The summed E-state index contributed by atoms with van der Waals surface area (Å²) in [5.41, 5.74) is 1.19. The highest BCUT2D eigenvalue weighted by Gasteiger charge is 2.39. The minimum atomic E-state index is 0.314. The van der Waals surface area contributed by atoms with Gasteiger partial charge in [-0.25, -0.2) is 4.98 Å². The number of furan rings is 1. The summed E-state index contributed by atoms with van der Waals surface area (Å²) < 4.78 is 6.31. The molecule has 1 saturated heterocycles. The van der Waals surface area contributed by atoms with Gasteiger partial charge in [0.05, 0.1) is 10.7 Å². The Labute approximate surface area is 150 Å². The molecule has 0 unspecified atom stereocenters. The van der Waals surface area contributed by atoms with Crippen molar-refractivity contribution in [2.24, 2.45) is 5.41 Å². The van der Waals surface area contributed by atoms with Gasteiger partial charge in [0, 0.05) is 24.0 Å². The monoisotopic (exact) mass is 388 g/mol. The lowest BCUT2D eigenvalue weighted by molar-refractivity contribution is 0.187. The van der Waals surface area contributed by atoms with Crippen molar-refractivity contribution in [1.29, 1.82) is 5.26 Å². The van der Waals surface area contributed by atoms with Crippen LogP contribution >= 0.6 is 15.9 Å². The van der Waals surface area contributed by atoms with Crippen LogP contribution < -0.4 is 5.32 Å². The van der Waals surface area contributed by atoms with Gasteiger partial charge in [0.2, 0.25) is 5.76 Å². The fourth-order valence-electron chi connectivity index (χ4n) is 4.27. The molecular weight excluding hydrogens is 368 g/mol. The first-order valence-electron chi connectivity index (χ1n) is 8.52. The number of rotatable bonds is 2. The van der Waals surface area contributed by atoms with Crippen molar-refractivity contribution in [1.82, 2.24) is 9.88 Å². The summed E-state index contributed by atoms with van der Waals surface area (Å²) in [7, 11) is 2.23. The van der Waals surface area contributed by atoms with Crippen molar-refractivity contribution in [2.75, 3.05) is 25.5 Å². The number of anilines is 1. The van der Waals surface area contributed by atoms with Gasteiger partial charge < -0.3 is 14.6 Å². The standard InChI is InChI=1S/C18H21BrN4O/c1-23-7-6-18(11-23)4-2-12(3-5-18)22-17-16(19)14-8-13(9-20)24-15(14)10-21-17/h8,10,12H,2-7,11H2,1H3,(H,21,22). The van der Waals surface area contributed by atoms with E-state index >= 15 is 0 Å². The average molecular weight is 389 g/mol. The van der Waals surface area contributed by atoms with Gasteiger partial charge in [-0.05, 0) is 67.0 Å². The first kappa shape index (κ1) is 15.9. The summed E-state index contributed by atoms with van der Waals surface area (Å²) in [6.07, 6.45) is 8.00. The summed E-state index contributed by atoms with van der Waals surface area (Å²) >= 11 is 3.62. The molecular formula is C18H21BrN4O. The lowest BCUT2D eigenvalue weighted by atomic mass is 9.72. The molecule has 24 heavy (non-hydrogen) atoms. The molecule has 2 aromatic heterocycles. The van der Waals surface area contributed by atoms with Crippen LogP contribution in [-0.2, 0) is 0 Å². The van der Waals surface area contributed by atoms with Gasteiger partial charge >= 0.3 is 0 Å². The molecule has 0 atom stereocenters. The fraction of sp³-hybridized carbons (Fsp3) is 0.556. The molecule has 2 aliphatic rings. The second kappa shape index (κ2) is 6.05. The quantitative estimate of drug-likeness (QED) is 0.837. The fourth-order valence-corrected chi connectivity index (χ4v) is 4.80. The molecule has 5 nitrogen and oxygen atoms in total. The van der Waals surface area contributed by atoms with E-state index in [1.807, 2.05) is 6.07 Å². The summed E-state index contributed by atoms with van der Waals surface area (Å²) in [6, 6.07) is 4.26. The molecule has 1 saturated carbocycles. The summed E-state index contributed by atoms with van der Waals surface area (Å²) in [5, 5.41) is 13.5. The first-order valence-corrected chi connectivity index (χ1v) is 9.31. The number of hydrogen-bond donors (Lipinski definition) is 1. The van der Waals surface area contributed by atoms with Crippen molar-refractivity contribution in [2.45, 2.75) is 38.1 Å². The van der Waals surface area contributed by atoms with Gasteiger partial charge in [0.15, 0.2) is 5.58 Å². The maximum atomic E-state index is 8.98. The van der Waals surface area contributed by atoms with Crippen LogP contribution in [-0.4, -0.2) is 36.1 Å². The van der Waals surface area contributed by atoms with Crippen LogP contribution in [0, 0.1) is 16.7 Å². The molecule has 4 rings (SSSR count). The Balaban J connectivity index is 1.47. The summed E-state index contributed by atoms with van der Waals surface area (Å²) in [5.74, 6) is 1.16. The Hall–Kier alpha value is -1.58. The van der Waals surface area contributed by atoms with E-state index in [1.54, 1.807) is 12.3 Å². The highest BCUT2D eigenvalue weighted by atomic mass is 79.9. The number of nitriles is 1. The summed E-state index contributed by atoms with van der Waals surface area (Å²) in [6.45, 7) is 2.49. The minimum Gasteiger partial charge on any atom is -0.444 e. The smallest absolute Gasteiger partial charge is 0.204 e. The highest BCUT2D eigenvalue weighted by Crippen LogP contribution is 2.44. The van der Waals surface area contributed by atoms with Crippen molar-refractivity contribution < 1.29 is 4.42 Å². The van der Waals surface area contributed by atoms with Gasteiger partial charge in [0.1, 0.15) is 11.9 Å². The van der Waals surface area contributed by atoms with Crippen LogP contribution in [0.2, 0.25) is 0 Å². The lowest BCUT2D eigenvalue weighted by Gasteiger charge is -2.37. The van der Waals surface area contributed by atoms with Gasteiger partial charge in [0.25, 0.3) is 0 Å². The number of fused-ring (bicyclic) bond motifs is 1. The molecule has 0 bridgehead atoms. The highest BCUT2D eigenvalue weighted by molar-refractivity contribution is 9.10. The second-order valence-electron chi connectivity index (χ2n) is 7.33. The zero-order chi connectivity index (χ0) is 16.7. The molecule has 1 N–H and O–H groups in total. The van der Waals surface area contributed by atoms with Crippen molar-refractivity contribution in [3.05, 3.63) is 22.5 Å². The van der Waals surface area contributed by atoms with Crippen LogP contribution in [0.3, 0.4) is 0 Å². The van der Waals surface area contributed by atoms with Crippen LogP contribution in [0.15, 0.2) is 21.2 Å². The van der Waals surface area contributed by atoms with Crippen molar-refractivity contribution in [3.8, 4) is 6.07 Å². The van der Waals surface area contributed by atoms with E-state index in [4.69, 9.17) is 9.68 Å². The predicted octanol–water partition coefficient (Wildman–Crippen LogP) is 4.14. The first-order chi connectivity index (χ1) is 11.6. The SMILES string of the molecule is CN1CCC2(CCC(Nc3ncc4oc(C#N)cc4c3Br)CC2)C1. The largest absolute Gasteiger partial charge is 0.444 e. The predicted molar refractivity (Wildman–Crippen MR) is 96.8 cm³/mol. The Kier molecular flexibility index (Phi) is 4.01. The molecule has 1 spiro atoms. The second-order valence-corrected chi connectivity index (χ2v) is 8.12. The number of nitrogens with one attached hydrogen (secondary N) is 1. The maximum absolute atomic E-state index is 8.98. The molecule has 1 aliphatic heterocycles. The van der Waals surface area contributed by atoms with Gasteiger partial charge in [-0.2, -0.15) is 5.26 Å². The molecule has 0 aromatic carbocycles. The molecule has 0 radical (unpaired) electrons. The average Bonchev–Trinajstić information content (AvgIpc) is 3.17. The molecule has 2 fully saturated rings. The summed E-state index contributed by atoms with van der Waals surface area (Å²) in [4.78, 5) is 6.94. The van der Waals surface area contributed by atoms with Gasteiger partial charge in [-0.15, -0.1) is 0 Å². The lowest BCUT2D eigenvalue weighted by Crippen LogP contribution is -2.35. The van der Waals surface area contributed by atoms with Gasteiger partial charge in [-0.3, -0.25) is 0 Å².